The molecule has 3 N–H and O–H groups in total. The summed E-state index contributed by atoms with van der Waals surface area (Å²) in [6.45, 7) is 2.53. The fourth-order valence-electron chi connectivity index (χ4n) is 1.36. The van der Waals surface area contributed by atoms with Crippen molar-refractivity contribution in [1.29, 1.82) is 0 Å². The van der Waals surface area contributed by atoms with Crippen molar-refractivity contribution in [2.75, 3.05) is 20.1 Å². The molecule has 0 saturated heterocycles. The van der Waals surface area contributed by atoms with Gasteiger partial charge in [-0.25, -0.2) is 18.1 Å². The molecule has 0 aromatic carbocycles. The Morgan fingerprint density at radius 1 is 1.53 bits per heavy atom. The average Bonchev–Trinajstić information content (AvgIpc) is 2.77. The number of hydrogen-bond donors (Lipinski definition) is 3. The van der Waals surface area contributed by atoms with Crippen LogP contribution in [0.1, 0.15) is 19.2 Å². The van der Waals surface area contributed by atoms with Crippen molar-refractivity contribution in [2.45, 2.75) is 25.0 Å². The Bertz CT molecular complexity index is 403. The number of hydrogen-bond acceptors (Lipinski definition) is 5. The van der Waals surface area contributed by atoms with Gasteiger partial charge in [0.25, 0.3) is 0 Å². The Kier molecular flexibility index (Phi) is 5.52. The molecular weight excluding hydrogens is 242 g/mol. The van der Waals surface area contributed by atoms with Gasteiger partial charge in [0, 0.05) is 19.5 Å². The fraction of sp³-hybridized carbons (Fsp3) is 0.778. The Balaban J connectivity index is 2.25. The minimum absolute atomic E-state index is 0.414. The molecule has 0 radical (unpaired) electrons. The standard InChI is InChI=1S/C9H19N5O2S/c1-8(6-10-2)17(15,16)13-5-3-4-9-11-7-12-14-9/h7-8,10,13H,3-6H2,1-2H3,(H,11,12,14). The first-order valence-electron chi connectivity index (χ1n) is 5.53. The molecule has 0 amide bonds. The van der Waals surface area contributed by atoms with E-state index in [1.165, 1.54) is 6.33 Å². The van der Waals surface area contributed by atoms with E-state index in [1.54, 1.807) is 14.0 Å². The zero-order valence-corrected chi connectivity index (χ0v) is 10.9. The van der Waals surface area contributed by atoms with Crippen LogP contribution in [0, 0.1) is 0 Å². The van der Waals surface area contributed by atoms with Crippen molar-refractivity contribution in [3.63, 3.8) is 0 Å². The highest BCUT2D eigenvalue weighted by atomic mass is 32.2. The molecule has 1 rings (SSSR count). The summed E-state index contributed by atoms with van der Waals surface area (Å²) >= 11 is 0. The van der Waals surface area contributed by atoms with Gasteiger partial charge in [0.2, 0.25) is 10.0 Å². The first-order valence-corrected chi connectivity index (χ1v) is 7.08. The highest BCUT2D eigenvalue weighted by Crippen LogP contribution is 1.98. The zero-order valence-electron chi connectivity index (χ0n) is 10.1. The summed E-state index contributed by atoms with van der Waals surface area (Å²) in [5.41, 5.74) is 0. The number of nitrogens with one attached hydrogen (secondary N) is 3. The van der Waals surface area contributed by atoms with Gasteiger partial charge in [0.05, 0.1) is 5.25 Å². The number of H-pyrrole nitrogens is 1. The van der Waals surface area contributed by atoms with E-state index in [-0.39, 0.29) is 0 Å². The van der Waals surface area contributed by atoms with Crippen molar-refractivity contribution in [2.24, 2.45) is 0 Å². The van der Waals surface area contributed by atoms with Gasteiger partial charge in [-0.3, -0.25) is 5.10 Å². The number of nitrogens with zero attached hydrogens (tertiary/aromatic N) is 2. The number of sulfonamides is 1. The van der Waals surface area contributed by atoms with E-state index < -0.39 is 15.3 Å². The number of aromatic nitrogens is 3. The molecule has 0 aliphatic rings. The van der Waals surface area contributed by atoms with Crippen molar-refractivity contribution in [1.82, 2.24) is 25.2 Å². The smallest absolute Gasteiger partial charge is 0.215 e. The molecule has 1 heterocycles. The number of aryl methyl sites for hydroxylation is 1. The fourth-order valence-corrected chi connectivity index (χ4v) is 2.46. The molecule has 98 valence electrons. The molecular formula is C9H19N5O2S. The third-order valence-corrected chi connectivity index (χ3v) is 4.21. The van der Waals surface area contributed by atoms with Crippen LogP contribution in [0.3, 0.4) is 0 Å². The van der Waals surface area contributed by atoms with E-state index >= 15 is 0 Å². The van der Waals surface area contributed by atoms with Crippen molar-refractivity contribution in [3.05, 3.63) is 12.2 Å². The van der Waals surface area contributed by atoms with Crippen LogP contribution in [0.2, 0.25) is 0 Å². The van der Waals surface area contributed by atoms with Gasteiger partial charge >= 0.3 is 0 Å². The van der Waals surface area contributed by atoms with Crippen LogP contribution >= 0.6 is 0 Å². The molecule has 0 bridgehead atoms. The molecule has 0 saturated carbocycles. The summed E-state index contributed by atoms with van der Waals surface area (Å²) in [4.78, 5) is 3.96. The quantitative estimate of drug-likeness (QED) is 0.535. The maximum absolute atomic E-state index is 11.7. The van der Waals surface area contributed by atoms with Crippen molar-refractivity contribution >= 4 is 10.0 Å². The maximum Gasteiger partial charge on any atom is 0.215 e. The van der Waals surface area contributed by atoms with Gasteiger partial charge in [-0.2, -0.15) is 5.10 Å². The Morgan fingerprint density at radius 3 is 2.88 bits per heavy atom. The Labute approximate surface area is 101 Å². The molecule has 0 spiro atoms. The highest BCUT2D eigenvalue weighted by Gasteiger charge is 2.18. The Hall–Kier alpha value is -0.990. The normalized spacial score (nSPS) is 13.8. The molecule has 0 fully saturated rings. The van der Waals surface area contributed by atoms with E-state index in [1.807, 2.05) is 0 Å². The summed E-state index contributed by atoms with van der Waals surface area (Å²) in [6, 6.07) is 0. The molecule has 0 aliphatic carbocycles. The van der Waals surface area contributed by atoms with Crippen LogP contribution in [0.4, 0.5) is 0 Å². The summed E-state index contributed by atoms with van der Waals surface area (Å²) in [6.07, 6.45) is 2.82. The van der Waals surface area contributed by atoms with Gasteiger partial charge in [0.1, 0.15) is 12.2 Å². The topological polar surface area (TPSA) is 99.8 Å². The molecule has 1 aromatic rings. The SMILES string of the molecule is CNCC(C)S(=O)(=O)NCCCc1ncn[nH]1. The zero-order chi connectivity index (χ0) is 12.7. The molecule has 7 nitrogen and oxygen atoms in total. The molecule has 1 unspecified atom stereocenters. The van der Waals surface area contributed by atoms with Gasteiger partial charge in [0.15, 0.2) is 0 Å². The summed E-state index contributed by atoms with van der Waals surface area (Å²) in [5.74, 6) is 0.771. The second-order valence-electron chi connectivity index (χ2n) is 3.84. The van der Waals surface area contributed by atoms with E-state index in [0.717, 1.165) is 5.82 Å². The lowest BCUT2D eigenvalue weighted by atomic mass is 10.3. The highest BCUT2D eigenvalue weighted by molar-refractivity contribution is 7.90. The minimum atomic E-state index is -3.22. The van der Waals surface area contributed by atoms with Crippen molar-refractivity contribution < 1.29 is 8.42 Å². The minimum Gasteiger partial charge on any atom is -0.318 e. The lowest BCUT2D eigenvalue weighted by molar-refractivity contribution is 0.561. The predicted molar refractivity (Wildman–Crippen MR) is 65.0 cm³/mol. The van der Waals surface area contributed by atoms with Gasteiger partial charge in [-0.15, -0.1) is 0 Å². The van der Waals surface area contributed by atoms with E-state index in [2.05, 4.69) is 25.2 Å². The first kappa shape index (κ1) is 14.1. The summed E-state index contributed by atoms with van der Waals surface area (Å²) in [5, 5.41) is 8.86. The van der Waals surface area contributed by atoms with E-state index in [9.17, 15) is 8.42 Å². The van der Waals surface area contributed by atoms with Crippen molar-refractivity contribution in [3.8, 4) is 0 Å². The average molecular weight is 261 g/mol. The van der Waals surface area contributed by atoms with Gasteiger partial charge in [-0.05, 0) is 20.4 Å². The number of aromatic amines is 1. The van der Waals surface area contributed by atoms with Crippen LogP contribution in [0.25, 0.3) is 0 Å². The maximum atomic E-state index is 11.7. The van der Waals surface area contributed by atoms with Gasteiger partial charge in [-0.1, -0.05) is 0 Å². The molecule has 0 aliphatic heterocycles. The molecule has 8 heteroatoms. The van der Waals surface area contributed by atoms with E-state index in [0.29, 0.717) is 25.9 Å². The first-order chi connectivity index (χ1) is 8.06. The number of rotatable bonds is 8. The Morgan fingerprint density at radius 2 is 2.29 bits per heavy atom. The summed E-state index contributed by atoms with van der Waals surface area (Å²) in [7, 11) is -1.49. The van der Waals surface area contributed by atoms with Crippen LogP contribution in [-0.4, -0.2) is 49.0 Å². The molecule has 17 heavy (non-hydrogen) atoms. The van der Waals surface area contributed by atoms with Gasteiger partial charge < -0.3 is 5.32 Å². The monoisotopic (exact) mass is 261 g/mol. The lowest BCUT2D eigenvalue weighted by Gasteiger charge is -2.12. The van der Waals surface area contributed by atoms with Crippen LogP contribution in [0.5, 0.6) is 0 Å². The van der Waals surface area contributed by atoms with Crippen LogP contribution in [-0.2, 0) is 16.4 Å². The third kappa shape index (κ3) is 4.80. The second-order valence-corrected chi connectivity index (χ2v) is 6.03. The second kappa shape index (κ2) is 6.67. The lowest BCUT2D eigenvalue weighted by Crippen LogP contribution is -2.38. The predicted octanol–water partition coefficient (Wildman–Crippen LogP) is -0.735. The molecule has 1 atom stereocenters. The summed E-state index contributed by atoms with van der Waals surface area (Å²) < 4.78 is 26.0. The third-order valence-electron chi connectivity index (χ3n) is 2.38. The van der Waals surface area contributed by atoms with Crippen LogP contribution < -0.4 is 10.0 Å². The van der Waals surface area contributed by atoms with E-state index in [4.69, 9.17) is 0 Å². The van der Waals surface area contributed by atoms with Crippen LogP contribution in [0.15, 0.2) is 6.33 Å². The largest absolute Gasteiger partial charge is 0.318 e. The molecule has 1 aromatic heterocycles.